The van der Waals surface area contributed by atoms with E-state index >= 15 is 0 Å². The lowest BCUT2D eigenvalue weighted by Gasteiger charge is -2.13. The van der Waals surface area contributed by atoms with Gasteiger partial charge < -0.3 is 15.5 Å². The standard InChI is InChI=1S/C20H20FN5O/c1-26(2)17-9-7-16(8-10-17)25-20-23-12-15(13-24-20)19(27)22-11-14-5-3-4-6-18(14)21/h3-10,12-13H,11H2,1-2H3,(H,22,27)(H,23,24,25). The van der Waals surface area contributed by atoms with E-state index in [1.54, 1.807) is 18.2 Å². The molecule has 1 heterocycles. The van der Waals surface area contributed by atoms with Gasteiger partial charge in [-0.2, -0.15) is 0 Å². The van der Waals surface area contributed by atoms with Crippen LogP contribution in [0.3, 0.4) is 0 Å². The van der Waals surface area contributed by atoms with Crippen LogP contribution >= 0.6 is 0 Å². The number of aromatic nitrogens is 2. The van der Waals surface area contributed by atoms with E-state index in [0.29, 0.717) is 17.1 Å². The highest BCUT2D eigenvalue weighted by Gasteiger charge is 2.09. The molecule has 3 aromatic rings. The van der Waals surface area contributed by atoms with Crippen LogP contribution < -0.4 is 15.5 Å². The van der Waals surface area contributed by atoms with Gasteiger partial charge in [0, 0.05) is 50.0 Å². The molecule has 0 aliphatic rings. The van der Waals surface area contributed by atoms with Crippen molar-refractivity contribution in [2.75, 3.05) is 24.3 Å². The minimum atomic E-state index is -0.361. The highest BCUT2D eigenvalue weighted by molar-refractivity contribution is 5.93. The van der Waals surface area contributed by atoms with Gasteiger partial charge in [-0.15, -0.1) is 0 Å². The van der Waals surface area contributed by atoms with Crippen molar-refractivity contribution < 1.29 is 9.18 Å². The number of nitrogens with zero attached hydrogens (tertiary/aromatic N) is 3. The Bertz CT molecular complexity index is 910. The van der Waals surface area contributed by atoms with E-state index in [9.17, 15) is 9.18 Å². The Morgan fingerprint density at radius 3 is 2.33 bits per heavy atom. The molecular weight excluding hydrogens is 345 g/mol. The molecule has 138 valence electrons. The highest BCUT2D eigenvalue weighted by Crippen LogP contribution is 2.18. The Morgan fingerprint density at radius 1 is 1.04 bits per heavy atom. The monoisotopic (exact) mass is 365 g/mol. The molecular formula is C20H20FN5O. The maximum atomic E-state index is 13.6. The van der Waals surface area contributed by atoms with Gasteiger partial charge in [-0.3, -0.25) is 4.79 Å². The molecule has 6 nitrogen and oxygen atoms in total. The van der Waals surface area contributed by atoms with Crippen molar-refractivity contribution >= 4 is 23.2 Å². The summed E-state index contributed by atoms with van der Waals surface area (Å²) >= 11 is 0. The number of halogens is 1. The lowest BCUT2D eigenvalue weighted by atomic mass is 10.2. The fourth-order valence-electron chi connectivity index (χ4n) is 2.40. The Labute approximate surface area is 157 Å². The van der Waals surface area contributed by atoms with Gasteiger partial charge in [0.15, 0.2) is 0 Å². The molecule has 0 fully saturated rings. The largest absolute Gasteiger partial charge is 0.378 e. The van der Waals surface area contributed by atoms with Gasteiger partial charge >= 0.3 is 0 Å². The first-order chi connectivity index (χ1) is 13.0. The van der Waals surface area contributed by atoms with Crippen molar-refractivity contribution in [3.05, 3.63) is 77.9 Å². The number of carbonyl (C=O) groups excluding carboxylic acids is 1. The van der Waals surface area contributed by atoms with E-state index in [1.165, 1.54) is 18.5 Å². The molecule has 2 N–H and O–H groups in total. The third-order valence-corrected chi connectivity index (χ3v) is 3.95. The molecule has 0 bridgehead atoms. The molecule has 2 aromatic carbocycles. The van der Waals surface area contributed by atoms with Gasteiger partial charge in [-0.1, -0.05) is 18.2 Å². The smallest absolute Gasteiger partial charge is 0.254 e. The van der Waals surface area contributed by atoms with Gasteiger partial charge in [0.1, 0.15) is 5.82 Å². The summed E-state index contributed by atoms with van der Waals surface area (Å²) < 4.78 is 13.6. The number of benzene rings is 2. The third-order valence-electron chi connectivity index (χ3n) is 3.95. The number of hydrogen-bond donors (Lipinski definition) is 2. The van der Waals surface area contributed by atoms with Crippen molar-refractivity contribution in [3.8, 4) is 0 Å². The summed E-state index contributed by atoms with van der Waals surface area (Å²) in [7, 11) is 3.95. The van der Waals surface area contributed by atoms with Crippen molar-refractivity contribution in [3.63, 3.8) is 0 Å². The molecule has 27 heavy (non-hydrogen) atoms. The number of anilines is 3. The van der Waals surface area contributed by atoms with Gasteiger partial charge in [-0.25, -0.2) is 14.4 Å². The molecule has 0 aliphatic heterocycles. The van der Waals surface area contributed by atoms with Crippen LogP contribution in [0.4, 0.5) is 21.7 Å². The normalized spacial score (nSPS) is 10.3. The van der Waals surface area contributed by atoms with Crippen LogP contribution in [0, 0.1) is 5.82 Å². The summed E-state index contributed by atoms with van der Waals surface area (Å²) in [6.07, 6.45) is 2.86. The maximum Gasteiger partial charge on any atom is 0.254 e. The van der Waals surface area contributed by atoms with E-state index in [1.807, 2.05) is 43.3 Å². The predicted octanol–water partition coefficient (Wildman–Crippen LogP) is 3.36. The highest BCUT2D eigenvalue weighted by atomic mass is 19.1. The summed E-state index contributed by atoms with van der Waals surface area (Å²) in [5, 5.41) is 5.74. The number of hydrogen-bond acceptors (Lipinski definition) is 5. The lowest BCUT2D eigenvalue weighted by molar-refractivity contribution is 0.0950. The third kappa shape index (κ3) is 4.78. The van der Waals surface area contributed by atoms with E-state index in [2.05, 4.69) is 20.6 Å². The number of rotatable bonds is 6. The molecule has 0 atom stereocenters. The van der Waals surface area contributed by atoms with Gasteiger partial charge in [0.25, 0.3) is 5.91 Å². The van der Waals surface area contributed by atoms with E-state index in [4.69, 9.17) is 0 Å². The van der Waals surface area contributed by atoms with Gasteiger partial charge in [-0.05, 0) is 30.3 Å². The zero-order valence-corrected chi connectivity index (χ0v) is 15.1. The minimum absolute atomic E-state index is 0.101. The molecule has 1 amide bonds. The molecule has 0 spiro atoms. The van der Waals surface area contributed by atoms with Crippen LogP contribution in [0.2, 0.25) is 0 Å². The van der Waals surface area contributed by atoms with E-state index in [-0.39, 0.29) is 18.3 Å². The zero-order chi connectivity index (χ0) is 19.2. The number of carbonyl (C=O) groups is 1. The topological polar surface area (TPSA) is 70.2 Å². The fraction of sp³-hybridized carbons (Fsp3) is 0.150. The minimum Gasteiger partial charge on any atom is -0.378 e. The SMILES string of the molecule is CN(C)c1ccc(Nc2ncc(C(=O)NCc3ccccc3F)cn2)cc1. The number of amides is 1. The first-order valence-electron chi connectivity index (χ1n) is 8.41. The summed E-state index contributed by atoms with van der Waals surface area (Å²) in [4.78, 5) is 22.5. The zero-order valence-electron chi connectivity index (χ0n) is 15.1. The van der Waals surface area contributed by atoms with Crippen LogP contribution in [0.25, 0.3) is 0 Å². The Kier molecular flexibility index (Phi) is 5.61. The molecule has 3 rings (SSSR count). The summed E-state index contributed by atoms with van der Waals surface area (Å²) in [5.74, 6) is -0.327. The average Bonchev–Trinajstić information content (AvgIpc) is 2.68. The first kappa shape index (κ1) is 18.3. The average molecular weight is 365 g/mol. The van der Waals surface area contributed by atoms with Crippen molar-refractivity contribution in [1.29, 1.82) is 0 Å². The fourth-order valence-corrected chi connectivity index (χ4v) is 2.40. The molecule has 0 saturated heterocycles. The van der Waals surface area contributed by atoms with Crippen LogP contribution in [0.15, 0.2) is 60.9 Å². The van der Waals surface area contributed by atoms with Crippen molar-refractivity contribution in [1.82, 2.24) is 15.3 Å². The van der Waals surface area contributed by atoms with Crippen LogP contribution in [0.1, 0.15) is 15.9 Å². The Hall–Kier alpha value is -3.48. The molecule has 0 saturated carbocycles. The second-order valence-corrected chi connectivity index (χ2v) is 6.14. The second-order valence-electron chi connectivity index (χ2n) is 6.14. The van der Waals surface area contributed by atoms with Crippen LogP contribution in [-0.2, 0) is 6.54 Å². The molecule has 0 radical (unpaired) electrons. The van der Waals surface area contributed by atoms with Gasteiger partial charge in [0.2, 0.25) is 5.95 Å². The van der Waals surface area contributed by atoms with Crippen molar-refractivity contribution in [2.24, 2.45) is 0 Å². The van der Waals surface area contributed by atoms with Gasteiger partial charge in [0.05, 0.1) is 5.56 Å². The van der Waals surface area contributed by atoms with Crippen LogP contribution in [0.5, 0.6) is 0 Å². The quantitative estimate of drug-likeness (QED) is 0.701. The number of nitrogens with one attached hydrogen (secondary N) is 2. The second kappa shape index (κ2) is 8.27. The summed E-state index contributed by atoms with van der Waals surface area (Å²) in [6.45, 7) is 0.101. The van der Waals surface area contributed by atoms with E-state index in [0.717, 1.165) is 11.4 Å². The Morgan fingerprint density at radius 2 is 1.70 bits per heavy atom. The maximum absolute atomic E-state index is 13.6. The molecule has 1 aromatic heterocycles. The lowest BCUT2D eigenvalue weighted by Crippen LogP contribution is -2.23. The van der Waals surface area contributed by atoms with Crippen LogP contribution in [-0.4, -0.2) is 30.0 Å². The Balaban J connectivity index is 1.59. The predicted molar refractivity (Wildman–Crippen MR) is 104 cm³/mol. The molecule has 7 heteroatoms. The molecule has 0 unspecified atom stereocenters. The van der Waals surface area contributed by atoms with E-state index < -0.39 is 0 Å². The summed E-state index contributed by atoms with van der Waals surface area (Å²) in [6, 6.07) is 14.1. The molecule has 0 aliphatic carbocycles. The first-order valence-corrected chi connectivity index (χ1v) is 8.41. The van der Waals surface area contributed by atoms with Crippen molar-refractivity contribution in [2.45, 2.75) is 6.54 Å². The summed E-state index contributed by atoms with van der Waals surface area (Å²) in [5.41, 5.74) is 2.66.